The van der Waals surface area contributed by atoms with Gasteiger partial charge in [-0.05, 0) is 81.7 Å². The van der Waals surface area contributed by atoms with Gasteiger partial charge in [-0.1, -0.05) is 62.1 Å². The minimum absolute atomic E-state index is 0.115. The molecule has 1 aromatic heterocycles. The molecule has 1 unspecified atom stereocenters. The molecular formula is C30H35ClN2. The molecule has 172 valence electrons. The lowest BCUT2D eigenvalue weighted by Gasteiger charge is -2.33. The molecular weight excluding hydrogens is 424 g/mol. The number of alkyl halides is 1. The third-order valence-electron chi connectivity index (χ3n) is 6.34. The Morgan fingerprint density at radius 1 is 1.27 bits per heavy atom. The van der Waals surface area contributed by atoms with Gasteiger partial charge in [0.05, 0.1) is 11.4 Å². The summed E-state index contributed by atoms with van der Waals surface area (Å²) in [5.74, 6) is 3.78. The molecule has 0 N–H and O–H groups in total. The summed E-state index contributed by atoms with van der Waals surface area (Å²) >= 11 is 6.73. The number of benzene rings is 1. The minimum Gasteiger partial charge on any atom is -0.228 e. The van der Waals surface area contributed by atoms with Crippen molar-refractivity contribution in [3.05, 3.63) is 71.7 Å². The van der Waals surface area contributed by atoms with Gasteiger partial charge in [-0.25, -0.2) is 9.97 Å². The van der Waals surface area contributed by atoms with Crippen LogP contribution in [0, 0.1) is 12.3 Å². The summed E-state index contributed by atoms with van der Waals surface area (Å²) in [4.78, 5) is 9.74. The normalized spacial score (nSPS) is 21.9. The molecule has 0 radical (unpaired) electrons. The van der Waals surface area contributed by atoms with Crippen LogP contribution < -0.4 is 0 Å². The van der Waals surface area contributed by atoms with E-state index in [4.69, 9.17) is 28.0 Å². The largest absolute Gasteiger partial charge is 0.228 e. The first-order chi connectivity index (χ1) is 15.9. The van der Waals surface area contributed by atoms with Gasteiger partial charge < -0.3 is 0 Å². The highest BCUT2D eigenvalue weighted by Crippen LogP contribution is 2.42. The molecule has 1 aliphatic carbocycles. The maximum Gasteiger partial charge on any atom is 0.161 e. The predicted octanol–water partition coefficient (Wildman–Crippen LogP) is 8.59. The van der Waals surface area contributed by atoms with Crippen LogP contribution in [0.15, 0.2) is 54.6 Å². The van der Waals surface area contributed by atoms with Gasteiger partial charge in [0.1, 0.15) is 0 Å². The molecule has 0 spiro atoms. The van der Waals surface area contributed by atoms with E-state index in [1.807, 2.05) is 19.1 Å². The standard InChI is InChI=1S/C30H35ClN2/c1-6-12-22(9-4)27-20-28(33-29(32-27)23(13-7-2)14-8-3)25-16-10-15-24(19-25)26-17-11-18-30(5,31)21-26/h2,8-10,13-16,19-20,26H,6,11-12,17-18,21H2,1,3-5H3/b14-8-,22-9+,23-13+/t26?,30-/m1/s1. The Balaban J connectivity index is 2.11. The highest BCUT2D eigenvalue weighted by atomic mass is 35.5. The molecule has 3 heteroatoms. The molecule has 1 aliphatic rings. The van der Waals surface area contributed by atoms with Crippen LogP contribution in [0.4, 0.5) is 0 Å². The molecule has 1 heterocycles. The second-order valence-electron chi connectivity index (χ2n) is 9.12. The molecule has 0 amide bonds. The smallest absolute Gasteiger partial charge is 0.161 e. The van der Waals surface area contributed by atoms with E-state index in [1.54, 1.807) is 6.08 Å². The number of nitrogens with zero attached hydrogens (tertiary/aromatic N) is 2. The van der Waals surface area contributed by atoms with Gasteiger partial charge in [-0.2, -0.15) is 0 Å². The van der Waals surface area contributed by atoms with Gasteiger partial charge in [-0.3, -0.25) is 0 Å². The van der Waals surface area contributed by atoms with Crippen LogP contribution in [0.3, 0.4) is 0 Å². The number of halogens is 1. The van der Waals surface area contributed by atoms with Crippen molar-refractivity contribution >= 4 is 22.7 Å². The minimum atomic E-state index is -0.115. The van der Waals surface area contributed by atoms with E-state index in [-0.39, 0.29) is 4.87 Å². The summed E-state index contributed by atoms with van der Waals surface area (Å²) in [5.41, 5.74) is 6.40. The Kier molecular flexibility index (Phi) is 8.70. The second kappa shape index (κ2) is 11.5. The molecule has 33 heavy (non-hydrogen) atoms. The number of allylic oxidation sites excluding steroid dienone is 6. The SMILES string of the molecule is C#C/C=C(\C=C/C)c1nc(/C(=C/C)CCC)cc(-c2cccc(C3CCC[C@@](C)(Cl)C3)c2)n1. The first-order valence-electron chi connectivity index (χ1n) is 12.0. The van der Waals surface area contributed by atoms with Gasteiger partial charge in [0.25, 0.3) is 0 Å². The van der Waals surface area contributed by atoms with Crippen LogP contribution in [0.25, 0.3) is 22.4 Å². The van der Waals surface area contributed by atoms with Crippen molar-refractivity contribution in [1.82, 2.24) is 9.97 Å². The molecule has 0 bridgehead atoms. The van der Waals surface area contributed by atoms with Gasteiger partial charge in [0, 0.05) is 16.0 Å². The van der Waals surface area contributed by atoms with Crippen LogP contribution in [0.5, 0.6) is 0 Å². The molecule has 0 aliphatic heterocycles. The maximum atomic E-state index is 6.73. The molecule has 2 nitrogen and oxygen atoms in total. The van der Waals surface area contributed by atoms with E-state index < -0.39 is 0 Å². The third-order valence-corrected chi connectivity index (χ3v) is 6.69. The Bertz CT molecular complexity index is 1100. The number of hydrogen-bond acceptors (Lipinski definition) is 2. The van der Waals surface area contributed by atoms with Gasteiger partial charge in [0.15, 0.2) is 5.82 Å². The van der Waals surface area contributed by atoms with E-state index in [0.717, 1.165) is 48.2 Å². The molecule has 1 saturated carbocycles. The number of hydrogen-bond donors (Lipinski definition) is 0. The number of aromatic nitrogens is 2. The molecule has 1 fully saturated rings. The number of terminal acetylenes is 1. The van der Waals surface area contributed by atoms with Crippen molar-refractivity contribution in [3.63, 3.8) is 0 Å². The first-order valence-corrected chi connectivity index (χ1v) is 12.4. The van der Waals surface area contributed by atoms with Crippen molar-refractivity contribution in [3.8, 4) is 23.6 Å². The number of rotatable bonds is 7. The summed E-state index contributed by atoms with van der Waals surface area (Å²) in [6.07, 6.45) is 19.9. The van der Waals surface area contributed by atoms with E-state index in [0.29, 0.717) is 11.7 Å². The summed E-state index contributed by atoms with van der Waals surface area (Å²) in [5, 5.41) is 0. The van der Waals surface area contributed by atoms with E-state index in [9.17, 15) is 0 Å². The Labute approximate surface area is 204 Å². The quantitative estimate of drug-likeness (QED) is 0.236. The fourth-order valence-electron chi connectivity index (χ4n) is 4.71. The van der Waals surface area contributed by atoms with Crippen molar-refractivity contribution in [1.29, 1.82) is 0 Å². The van der Waals surface area contributed by atoms with Crippen molar-refractivity contribution in [2.24, 2.45) is 0 Å². The molecule has 1 aromatic carbocycles. The van der Waals surface area contributed by atoms with E-state index in [1.165, 1.54) is 24.0 Å². The zero-order valence-corrected chi connectivity index (χ0v) is 21.1. The van der Waals surface area contributed by atoms with E-state index in [2.05, 4.69) is 63.1 Å². The zero-order valence-electron chi connectivity index (χ0n) is 20.4. The Hall–Kier alpha value is -2.63. The summed E-state index contributed by atoms with van der Waals surface area (Å²) in [6.45, 7) is 8.40. The monoisotopic (exact) mass is 458 g/mol. The second-order valence-corrected chi connectivity index (χ2v) is 10.0. The van der Waals surface area contributed by atoms with Crippen LogP contribution >= 0.6 is 11.6 Å². The highest BCUT2D eigenvalue weighted by Gasteiger charge is 2.31. The lowest BCUT2D eigenvalue weighted by Crippen LogP contribution is -2.25. The fraction of sp³-hybridized carbons (Fsp3) is 0.400. The lowest BCUT2D eigenvalue weighted by molar-refractivity contribution is 0.369. The Morgan fingerprint density at radius 2 is 2.09 bits per heavy atom. The van der Waals surface area contributed by atoms with Crippen molar-refractivity contribution < 1.29 is 0 Å². The average molecular weight is 459 g/mol. The summed E-state index contributed by atoms with van der Waals surface area (Å²) < 4.78 is 0. The van der Waals surface area contributed by atoms with Crippen LogP contribution in [0.2, 0.25) is 0 Å². The maximum absolute atomic E-state index is 6.73. The van der Waals surface area contributed by atoms with Crippen LogP contribution in [-0.4, -0.2) is 14.8 Å². The van der Waals surface area contributed by atoms with Gasteiger partial charge in [-0.15, -0.1) is 18.0 Å². The van der Waals surface area contributed by atoms with Crippen molar-refractivity contribution in [2.45, 2.75) is 77.0 Å². The molecule has 2 atom stereocenters. The van der Waals surface area contributed by atoms with Crippen LogP contribution in [-0.2, 0) is 0 Å². The Morgan fingerprint density at radius 3 is 2.76 bits per heavy atom. The van der Waals surface area contributed by atoms with Gasteiger partial charge >= 0.3 is 0 Å². The van der Waals surface area contributed by atoms with E-state index >= 15 is 0 Å². The lowest BCUT2D eigenvalue weighted by atomic mass is 9.78. The highest BCUT2D eigenvalue weighted by molar-refractivity contribution is 6.23. The average Bonchev–Trinajstić information content (AvgIpc) is 2.81. The summed E-state index contributed by atoms with van der Waals surface area (Å²) in [7, 11) is 0. The predicted molar refractivity (Wildman–Crippen MR) is 143 cm³/mol. The zero-order chi connectivity index (χ0) is 23.8. The summed E-state index contributed by atoms with van der Waals surface area (Å²) in [6, 6.07) is 10.9. The molecule has 3 rings (SSSR count). The van der Waals surface area contributed by atoms with Crippen molar-refractivity contribution in [2.75, 3.05) is 0 Å². The van der Waals surface area contributed by atoms with Crippen LogP contribution in [0.1, 0.15) is 89.2 Å². The first kappa shape index (κ1) is 25.0. The molecule has 0 saturated heterocycles. The molecule has 2 aromatic rings. The van der Waals surface area contributed by atoms with Gasteiger partial charge in [0.2, 0.25) is 0 Å². The fourth-order valence-corrected chi connectivity index (χ4v) is 5.03. The third kappa shape index (κ3) is 6.46. The topological polar surface area (TPSA) is 25.8 Å².